The fourth-order valence-electron chi connectivity index (χ4n) is 4.77. The van der Waals surface area contributed by atoms with Gasteiger partial charge in [0.1, 0.15) is 13.2 Å². The van der Waals surface area contributed by atoms with Crippen LogP contribution in [0.4, 0.5) is 4.79 Å². The molecule has 0 unspecified atom stereocenters. The lowest BCUT2D eigenvalue weighted by atomic mass is 9.97. The molecule has 2 heterocycles. The molecule has 34 heavy (non-hydrogen) atoms. The summed E-state index contributed by atoms with van der Waals surface area (Å²) in [5.74, 6) is 0.640. The van der Waals surface area contributed by atoms with E-state index in [1.807, 2.05) is 0 Å². The predicted molar refractivity (Wildman–Crippen MR) is 141 cm³/mol. The number of alkyl carbamates (subject to hydrolysis) is 1. The third kappa shape index (κ3) is 15.0. The van der Waals surface area contributed by atoms with E-state index < -0.39 is 0 Å². The molecule has 0 radical (unpaired) electrons. The van der Waals surface area contributed by atoms with Gasteiger partial charge in [-0.05, 0) is 31.6 Å². The minimum atomic E-state index is -0.305. The van der Waals surface area contributed by atoms with E-state index >= 15 is 0 Å². The van der Waals surface area contributed by atoms with Crippen LogP contribution in [-0.2, 0) is 16.0 Å². The van der Waals surface area contributed by atoms with E-state index in [2.05, 4.69) is 33.9 Å². The highest BCUT2D eigenvalue weighted by Crippen LogP contribution is 2.25. The Hall–Kier alpha value is -1.14. The van der Waals surface area contributed by atoms with E-state index in [1.165, 1.54) is 83.5 Å². The van der Waals surface area contributed by atoms with Crippen molar-refractivity contribution in [3.63, 3.8) is 0 Å². The molecular weight excluding hydrogens is 444 g/mol. The molecule has 0 aliphatic carbocycles. The quantitative estimate of drug-likeness (QED) is 0.142. The van der Waals surface area contributed by atoms with Crippen molar-refractivity contribution in [1.29, 1.82) is 0 Å². The number of carbonyl (C=O) groups is 1. The number of hydrogen-bond donors (Lipinski definition) is 1. The largest absolute Gasteiger partial charge is 0.447 e. The number of carbonyl (C=O) groups excluding carboxylic acids is 1. The Kier molecular flexibility index (Phi) is 17.2. The van der Waals surface area contributed by atoms with Crippen molar-refractivity contribution in [1.82, 2.24) is 5.32 Å². The summed E-state index contributed by atoms with van der Waals surface area (Å²) in [4.78, 5) is 11.9. The first kappa shape index (κ1) is 29.1. The molecule has 0 spiro atoms. The SMILES string of the molecule is CCCCCCCCCCCCCC[C@H]1CO[C@H](COC(=O)NCCCCC[n+]2ccsc2)C1. The van der Waals surface area contributed by atoms with Crippen LogP contribution in [0.15, 0.2) is 17.1 Å². The Labute approximate surface area is 213 Å². The van der Waals surface area contributed by atoms with Gasteiger partial charge in [-0.15, -0.1) is 0 Å². The van der Waals surface area contributed by atoms with Crippen LogP contribution < -0.4 is 9.88 Å². The standard InChI is InChI=1S/C28H50N2O3S/c1-2-3-4-5-6-7-8-9-10-11-12-14-17-26-22-27(32-23-26)24-33-28(31)29-18-15-13-16-19-30-20-21-34-25-30/h20-21,25-27H,2-19,22-24H2,1H3/p+1/t26-,27+/m1/s1. The molecule has 1 aromatic rings. The third-order valence-corrected chi connectivity index (χ3v) is 7.59. The summed E-state index contributed by atoms with van der Waals surface area (Å²) in [7, 11) is 0. The van der Waals surface area contributed by atoms with Crippen LogP contribution in [-0.4, -0.2) is 32.0 Å². The Morgan fingerprint density at radius 3 is 2.32 bits per heavy atom. The molecule has 1 aliphatic heterocycles. The molecule has 196 valence electrons. The average Bonchev–Trinajstić information content (AvgIpc) is 3.53. The number of hydrogen-bond acceptors (Lipinski definition) is 4. The fraction of sp³-hybridized carbons (Fsp3) is 0.857. The highest BCUT2D eigenvalue weighted by atomic mass is 32.1. The third-order valence-electron chi connectivity index (χ3n) is 6.92. The molecule has 1 aromatic heterocycles. The van der Waals surface area contributed by atoms with E-state index in [-0.39, 0.29) is 12.2 Å². The summed E-state index contributed by atoms with van der Waals surface area (Å²) in [6.45, 7) is 5.23. The van der Waals surface area contributed by atoms with Gasteiger partial charge < -0.3 is 14.8 Å². The van der Waals surface area contributed by atoms with Crippen molar-refractivity contribution >= 4 is 17.4 Å². The van der Waals surface area contributed by atoms with Crippen molar-refractivity contribution in [2.24, 2.45) is 5.92 Å². The molecular formula is C28H51N2O3S+. The lowest BCUT2D eigenvalue weighted by Crippen LogP contribution is -2.30. The van der Waals surface area contributed by atoms with Crippen LogP contribution >= 0.6 is 11.3 Å². The second-order valence-corrected chi connectivity index (χ2v) is 10.8. The Morgan fingerprint density at radius 1 is 0.971 bits per heavy atom. The molecule has 0 saturated carbocycles. The molecule has 5 nitrogen and oxygen atoms in total. The van der Waals surface area contributed by atoms with Gasteiger partial charge in [0.05, 0.1) is 18.1 Å². The zero-order valence-corrected chi connectivity index (χ0v) is 22.6. The number of aromatic nitrogens is 1. The van der Waals surface area contributed by atoms with Gasteiger partial charge >= 0.3 is 6.09 Å². The smallest absolute Gasteiger partial charge is 0.407 e. The fourth-order valence-corrected chi connectivity index (χ4v) is 5.40. The van der Waals surface area contributed by atoms with Crippen LogP contribution in [0.1, 0.15) is 116 Å². The number of thiazole rings is 1. The van der Waals surface area contributed by atoms with Gasteiger partial charge in [-0.2, -0.15) is 4.57 Å². The number of amides is 1. The van der Waals surface area contributed by atoms with Gasteiger partial charge in [-0.25, -0.2) is 4.79 Å². The van der Waals surface area contributed by atoms with Crippen LogP contribution in [0.3, 0.4) is 0 Å². The maximum atomic E-state index is 11.9. The van der Waals surface area contributed by atoms with Crippen molar-refractivity contribution in [3.05, 3.63) is 17.1 Å². The van der Waals surface area contributed by atoms with E-state index in [9.17, 15) is 4.79 Å². The van der Waals surface area contributed by atoms with E-state index in [0.29, 0.717) is 19.1 Å². The van der Waals surface area contributed by atoms with Gasteiger partial charge in [-0.3, -0.25) is 0 Å². The molecule has 2 atom stereocenters. The summed E-state index contributed by atoms with van der Waals surface area (Å²) in [5.41, 5.74) is 2.13. The summed E-state index contributed by atoms with van der Waals surface area (Å²) in [6, 6.07) is 0. The number of ether oxygens (including phenoxy) is 2. The molecule has 0 bridgehead atoms. The topological polar surface area (TPSA) is 51.4 Å². The van der Waals surface area contributed by atoms with Crippen LogP contribution in [0, 0.1) is 5.92 Å². The van der Waals surface area contributed by atoms with Gasteiger partial charge in [0.2, 0.25) is 5.51 Å². The Morgan fingerprint density at radius 2 is 1.65 bits per heavy atom. The number of nitrogens with one attached hydrogen (secondary N) is 1. The molecule has 1 fully saturated rings. The molecule has 6 heteroatoms. The first-order chi connectivity index (χ1) is 16.8. The molecule has 1 amide bonds. The first-order valence-electron chi connectivity index (χ1n) is 14.2. The van der Waals surface area contributed by atoms with Crippen LogP contribution in [0.2, 0.25) is 0 Å². The monoisotopic (exact) mass is 495 g/mol. The lowest BCUT2D eigenvalue weighted by molar-refractivity contribution is -0.692. The van der Waals surface area contributed by atoms with E-state index in [0.717, 1.165) is 38.8 Å². The molecule has 0 aromatic carbocycles. The maximum absolute atomic E-state index is 11.9. The average molecular weight is 496 g/mol. The second kappa shape index (κ2) is 20.1. The first-order valence-corrected chi connectivity index (χ1v) is 15.2. The summed E-state index contributed by atoms with van der Waals surface area (Å²) in [5, 5.41) is 4.96. The lowest BCUT2D eigenvalue weighted by Gasteiger charge is -2.11. The summed E-state index contributed by atoms with van der Waals surface area (Å²) < 4.78 is 13.4. The normalized spacial score (nSPS) is 17.8. The zero-order valence-electron chi connectivity index (χ0n) is 21.8. The molecule has 2 rings (SSSR count). The molecule has 1 saturated heterocycles. The predicted octanol–water partition coefficient (Wildman–Crippen LogP) is 7.43. The Balaban J connectivity index is 1.32. The van der Waals surface area contributed by atoms with Gasteiger partial charge in [0.25, 0.3) is 0 Å². The van der Waals surface area contributed by atoms with Crippen molar-refractivity contribution in [3.8, 4) is 0 Å². The van der Waals surface area contributed by atoms with Gasteiger partial charge in [0.15, 0.2) is 6.20 Å². The minimum absolute atomic E-state index is 0.0794. The summed E-state index contributed by atoms with van der Waals surface area (Å²) in [6.07, 6.45) is 24.1. The van der Waals surface area contributed by atoms with Crippen LogP contribution in [0.5, 0.6) is 0 Å². The van der Waals surface area contributed by atoms with E-state index in [4.69, 9.17) is 9.47 Å². The van der Waals surface area contributed by atoms with E-state index in [1.54, 1.807) is 11.3 Å². The highest BCUT2D eigenvalue weighted by Gasteiger charge is 2.26. The second-order valence-electron chi connectivity index (χ2n) is 10.1. The van der Waals surface area contributed by atoms with Crippen LogP contribution in [0.25, 0.3) is 0 Å². The maximum Gasteiger partial charge on any atom is 0.407 e. The Bertz CT molecular complexity index is 596. The van der Waals surface area contributed by atoms with Gasteiger partial charge in [-0.1, -0.05) is 95.3 Å². The van der Waals surface area contributed by atoms with Crippen molar-refractivity contribution in [2.45, 2.75) is 129 Å². The number of rotatable bonds is 21. The summed E-state index contributed by atoms with van der Waals surface area (Å²) >= 11 is 1.72. The number of nitrogens with zero attached hydrogens (tertiary/aromatic N) is 1. The minimum Gasteiger partial charge on any atom is -0.447 e. The number of aryl methyl sites for hydroxylation is 1. The van der Waals surface area contributed by atoms with Crippen molar-refractivity contribution in [2.75, 3.05) is 19.8 Å². The molecule has 1 N–H and O–H groups in total. The number of unbranched alkanes of at least 4 members (excludes halogenated alkanes) is 13. The van der Waals surface area contributed by atoms with Gasteiger partial charge in [0, 0.05) is 13.0 Å². The zero-order chi connectivity index (χ0) is 24.1. The van der Waals surface area contributed by atoms with Crippen molar-refractivity contribution < 1.29 is 18.8 Å². The molecule has 1 aliphatic rings. The highest BCUT2D eigenvalue weighted by molar-refractivity contribution is 7.07.